The molecular formula is C19H17F2N3O3S2. The van der Waals surface area contributed by atoms with Gasteiger partial charge in [0.1, 0.15) is 0 Å². The van der Waals surface area contributed by atoms with Gasteiger partial charge in [-0.15, -0.1) is 6.58 Å². The van der Waals surface area contributed by atoms with Gasteiger partial charge < -0.3 is 9.88 Å². The van der Waals surface area contributed by atoms with Crippen molar-refractivity contribution in [2.45, 2.75) is 22.4 Å². The van der Waals surface area contributed by atoms with Gasteiger partial charge in [-0.1, -0.05) is 30.0 Å². The lowest BCUT2D eigenvalue weighted by Crippen LogP contribution is -2.15. The van der Waals surface area contributed by atoms with E-state index < -0.39 is 20.5 Å². The summed E-state index contributed by atoms with van der Waals surface area (Å²) in [5.41, 5.74) is 2.06. The molecule has 0 unspecified atom stereocenters. The number of carbonyl (C=O) groups excluding carboxylic acids is 1. The molecule has 0 atom stereocenters. The van der Waals surface area contributed by atoms with E-state index in [0.29, 0.717) is 17.4 Å². The Hall–Kier alpha value is -2.72. The molecule has 3 rings (SSSR count). The second-order valence-corrected chi connectivity index (χ2v) is 8.81. The molecule has 10 heteroatoms. The first-order chi connectivity index (χ1) is 13.8. The van der Waals surface area contributed by atoms with Gasteiger partial charge in [0.05, 0.1) is 21.7 Å². The van der Waals surface area contributed by atoms with E-state index >= 15 is 0 Å². The molecule has 1 amide bonds. The van der Waals surface area contributed by atoms with E-state index in [1.807, 2.05) is 28.8 Å². The quantitative estimate of drug-likeness (QED) is 0.426. The zero-order valence-corrected chi connectivity index (χ0v) is 16.7. The lowest BCUT2D eigenvalue weighted by atomic mass is 10.3. The van der Waals surface area contributed by atoms with Crippen LogP contribution in [0.5, 0.6) is 0 Å². The number of hydrogen-bond donors (Lipinski definition) is 1. The molecule has 0 radical (unpaired) electrons. The second kappa shape index (κ2) is 8.75. The first kappa shape index (κ1) is 21.0. The van der Waals surface area contributed by atoms with E-state index in [1.165, 1.54) is 23.9 Å². The van der Waals surface area contributed by atoms with Crippen molar-refractivity contribution in [1.29, 1.82) is 0 Å². The maximum absolute atomic E-state index is 12.6. The Balaban J connectivity index is 1.67. The summed E-state index contributed by atoms with van der Waals surface area (Å²) in [5.74, 6) is -3.76. The molecule has 3 aromatic rings. The third kappa shape index (κ3) is 4.65. The minimum atomic E-state index is -4.66. The Morgan fingerprint density at radius 2 is 1.90 bits per heavy atom. The Morgan fingerprint density at radius 3 is 2.55 bits per heavy atom. The van der Waals surface area contributed by atoms with Gasteiger partial charge >= 0.3 is 5.76 Å². The average Bonchev–Trinajstić information content (AvgIpc) is 3.05. The minimum absolute atomic E-state index is 0.0670. The summed E-state index contributed by atoms with van der Waals surface area (Å²) in [7, 11) is -4.66. The number of carbonyl (C=O) groups is 1. The fraction of sp³-hybridized carbons (Fsp3) is 0.158. The molecule has 6 nitrogen and oxygen atoms in total. The van der Waals surface area contributed by atoms with Crippen molar-refractivity contribution < 1.29 is 22.0 Å². The number of hydrogen-bond acceptors (Lipinski definition) is 5. The third-order valence-electron chi connectivity index (χ3n) is 3.96. The standard InChI is InChI=1S/C19H17F2N3O3S2/c1-2-11-24-16-6-4-3-5-15(16)23-19(24)28-12-17(25)22-13-7-9-14(10-8-13)29(26,27)18(20)21/h2-10,18H,1,11-12H2,(H,22,25). The van der Waals surface area contributed by atoms with Crippen LogP contribution in [0.1, 0.15) is 0 Å². The number of sulfone groups is 1. The summed E-state index contributed by atoms with van der Waals surface area (Å²) < 4.78 is 49.9. The highest BCUT2D eigenvalue weighted by molar-refractivity contribution is 7.99. The van der Waals surface area contributed by atoms with Gasteiger partial charge in [0.2, 0.25) is 15.7 Å². The largest absolute Gasteiger partial charge is 0.341 e. The van der Waals surface area contributed by atoms with Crippen LogP contribution >= 0.6 is 11.8 Å². The highest BCUT2D eigenvalue weighted by Crippen LogP contribution is 2.25. The highest BCUT2D eigenvalue weighted by atomic mass is 32.2. The summed E-state index contributed by atoms with van der Waals surface area (Å²) in [5, 5.41) is 3.27. The third-order valence-corrected chi connectivity index (χ3v) is 6.34. The summed E-state index contributed by atoms with van der Waals surface area (Å²) in [6, 6.07) is 12.2. The molecule has 1 aromatic heterocycles. The monoisotopic (exact) mass is 437 g/mol. The lowest BCUT2D eigenvalue weighted by molar-refractivity contribution is -0.113. The van der Waals surface area contributed by atoms with Gasteiger partial charge in [-0.2, -0.15) is 8.78 Å². The maximum atomic E-state index is 12.6. The number of thioether (sulfide) groups is 1. The van der Waals surface area contributed by atoms with Crippen molar-refractivity contribution in [2.75, 3.05) is 11.1 Å². The SMILES string of the molecule is C=CCn1c(SCC(=O)Nc2ccc(S(=O)(=O)C(F)F)cc2)nc2ccccc21. The zero-order valence-electron chi connectivity index (χ0n) is 15.1. The molecule has 0 aliphatic carbocycles. The van der Waals surface area contributed by atoms with Crippen molar-refractivity contribution in [3.63, 3.8) is 0 Å². The number of rotatable bonds is 8. The molecule has 0 bridgehead atoms. The molecule has 1 heterocycles. The van der Waals surface area contributed by atoms with Crippen molar-refractivity contribution in [2.24, 2.45) is 0 Å². The molecule has 0 aliphatic heterocycles. The summed E-state index contributed by atoms with van der Waals surface area (Å²) in [4.78, 5) is 16.3. The minimum Gasteiger partial charge on any atom is -0.325 e. The second-order valence-electron chi connectivity index (χ2n) is 5.95. The normalized spacial score (nSPS) is 11.7. The summed E-state index contributed by atoms with van der Waals surface area (Å²) >= 11 is 1.25. The van der Waals surface area contributed by atoms with Crippen LogP contribution in [0.25, 0.3) is 11.0 Å². The first-order valence-electron chi connectivity index (χ1n) is 8.44. The predicted octanol–water partition coefficient (Wildman–Crippen LogP) is 3.95. The summed E-state index contributed by atoms with van der Waals surface area (Å²) in [6.45, 7) is 4.29. The molecule has 2 aromatic carbocycles. The van der Waals surface area contributed by atoms with Crippen LogP contribution in [0.2, 0.25) is 0 Å². The topological polar surface area (TPSA) is 81.1 Å². The number of fused-ring (bicyclic) bond motifs is 1. The predicted molar refractivity (Wildman–Crippen MR) is 109 cm³/mol. The van der Waals surface area contributed by atoms with Crippen molar-refractivity contribution in [3.8, 4) is 0 Å². The zero-order chi connectivity index (χ0) is 21.0. The molecule has 29 heavy (non-hydrogen) atoms. The number of amides is 1. The van der Waals surface area contributed by atoms with Crippen LogP contribution in [0.4, 0.5) is 14.5 Å². The van der Waals surface area contributed by atoms with E-state index in [4.69, 9.17) is 0 Å². The molecule has 1 N–H and O–H groups in total. The van der Waals surface area contributed by atoms with Gasteiger partial charge in [0.25, 0.3) is 0 Å². The highest BCUT2D eigenvalue weighted by Gasteiger charge is 2.26. The van der Waals surface area contributed by atoms with Crippen LogP contribution in [0, 0.1) is 0 Å². The number of nitrogens with one attached hydrogen (secondary N) is 1. The fourth-order valence-corrected chi connectivity index (χ4v) is 4.17. The number of anilines is 1. The Labute approximate surface area is 170 Å². The van der Waals surface area contributed by atoms with E-state index in [1.54, 1.807) is 6.08 Å². The average molecular weight is 437 g/mol. The van der Waals surface area contributed by atoms with Crippen molar-refractivity contribution >= 4 is 44.2 Å². The number of halogens is 2. The smallest absolute Gasteiger partial charge is 0.325 e. The van der Waals surface area contributed by atoms with Crippen LogP contribution in [0.15, 0.2) is 71.2 Å². The Morgan fingerprint density at radius 1 is 1.21 bits per heavy atom. The molecule has 0 spiro atoms. The Bertz CT molecular complexity index is 1140. The molecule has 0 saturated heterocycles. The van der Waals surface area contributed by atoms with E-state index in [2.05, 4.69) is 16.9 Å². The number of imidazole rings is 1. The van der Waals surface area contributed by atoms with E-state index in [-0.39, 0.29) is 11.7 Å². The van der Waals surface area contributed by atoms with Gasteiger partial charge in [-0.25, -0.2) is 13.4 Å². The van der Waals surface area contributed by atoms with Gasteiger partial charge in [-0.3, -0.25) is 4.79 Å². The Kier molecular flexibility index (Phi) is 6.33. The number of benzene rings is 2. The lowest BCUT2D eigenvalue weighted by Gasteiger charge is -2.08. The molecule has 152 valence electrons. The van der Waals surface area contributed by atoms with Crippen molar-refractivity contribution in [3.05, 3.63) is 61.2 Å². The first-order valence-corrected chi connectivity index (χ1v) is 11.0. The summed E-state index contributed by atoms with van der Waals surface area (Å²) in [6.07, 6.45) is 1.74. The van der Waals surface area contributed by atoms with Gasteiger partial charge in [-0.05, 0) is 36.4 Å². The molecular weight excluding hydrogens is 420 g/mol. The van der Waals surface area contributed by atoms with Crippen LogP contribution in [-0.4, -0.2) is 35.4 Å². The van der Waals surface area contributed by atoms with Gasteiger partial charge in [0.15, 0.2) is 5.16 Å². The number of para-hydroxylation sites is 2. The number of aromatic nitrogens is 2. The van der Waals surface area contributed by atoms with Crippen molar-refractivity contribution in [1.82, 2.24) is 9.55 Å². The van der Waals surface area contributed by atoms with Crippen LogP contribution < -0.4 is 5.32 Å². The molecule has 0 aliphatic rings. The van der Waals surface area contributed by atoms with E-state index in [9.17, 15) is 22.0 Å². The van der Waals surface area contributed by atoms with Gasteiger partial charge in [0, 0.05) is 12.2 Å². The fourth-order valence-electron chi connectivity index (χ4n) is 2.63. The number of nitrogens with zero attached hydrogens (tertiary/aromatic N) is 2. The molecule has 0 fully saturated rings. The number of allylic oxidation sites excluding steroid dienone is 1. The number of alkyl halides is 2. The maximum Gasteiger partial charge on any atom is 0.341 e. The molecule has 0 saturated carbocycles. The van der Waals surface area contributed by atoms with E-state index in [0.717, 1.165) is 23.2 Å². The van der Waals surface area contributed by atoms with Crippen LogP contribution in [-0.2, 0) is 21.2 Å². The van der Waals surface area contributed by atoms with Crippen LogP contribution in [0.3, 0.4) is 0 Å².